The highest BCUT2D eigenvalue weighted by Gasteiger charge is 2.37. The van der Waals surface area contributed by atoms with Gasteiger partial charge in [0.05, 0.1) is 11.1 Å². The molecule has 2 nitrogen and oxygen atoms in total. The van der Waals surface area contributed by atoms with E-state index in [9.17, 15) is 30.7 Å². The smallest absolute Gasteiger partial charge is 0.309 e. The molecule has 0 saturated carbocycles. The van der Waals surface area contributed by atoms with Gasteiger partial charge < -0.3 is 10.6 Å². The van der Waals surface area contributed by atoms with Gasteiger partial charge in [-0.1, -0.05) is 12.1 Å². The van der Waals surface area contributed by atoms with E-state index in [0.717, 1.165) is 24.1 Å². The average molecular weight is 420 g/mol. The third-order valence-corrected chi connectivity index (χ3v) is 4.90. The molecule has 2 N–H and O–H groups in total. The molecule has 2 aromatic carbocycles. The van der Waals surface area contributed by atoms with Crippen LogP contribution in [0.4, 0.5) is 30.7 Å². The second-order valence-corrected chi connectivity index (χ2v) is 7.03. The highest BCUT2D eigenvalue weighted by Crippen LogP contribution is 2.36. The van der Waals surface area contributed by atoms with Crippen LogP contribution in [0, 0.1) is 5.82 Å². The van der Waals surface area contributed by atoms with Crippen molar-refractivity contribution in [2.24, 2.45) is 0 Å². The molecule has 0 spiro atoms. The summed E-state index contributed by atoms with van der Waals surface area (Å²) in [6.45, 7) is 0.555. The molecule has 1 heterocycles. The number of hydrogen-bond acceptors (Lipinski definition) is 2. The Hall–Kier alpha value is -2.13. The Morgan fingerprint density at radius 2 is 1.48 bits per heavy atom. The molecule has 1 aliphatic heterocycles. The number of rotatable bonds is 4. The summed E-state index contributed by atoms with van der Waals surface area (Å²) in [6.07, 6.45) is -8.27. The summed E-state index contributed by atoms with van der Waals surface area (Å²) < 4.78 is 91.3. The van der Waals surface area contributed by atoms with E-state index in [-0.39, 0.29) is 30.3 Å². The van der Waals surface area contributed by atoms with Gasteiger partial charge in [-0.3, -0.25) is 0 Å². The van der Waals surface area contributed by atoms with Crippen LogP contribution in [-0.4, -0.2) is 12.6 Å². The zero-order chi connectivity index (χ0) is 21.2. The monoisotopic (exact) mass is 420 g/mol. The second-order valence-electron chi connectivity index (χ2n) is 7.03. The summed E-state index contributed by atoms with van der Waals surface area (Å²) in [7, 11) is 0. The van der Waals surface area contributed by atoms with Crippen molar-refractivity contribution in [2.45, 2.75) is 43.8 Å². The average Bonchev–Trinajstić information content (AvgIpc) is 2.66. The maximum Gasteiger partial charge on any atom is 0.416 e. The van der Waals surface area contributed by atoms with Gasteiger partial charge >= 0.3 is 12.4 Å². The van der Waals surface area contributed by atoms with Crippen molar-refractivity contribution >= 4 is 0 Å². The molecule has 0 amide bonds. The van der Waals surface area contributed by atoms with Gasteiger partial charge in [0, 0.05) is 18.6 Å². The topological polar surface area (TPSA) is 24.1 Å². The van der Waals surface area contributed by atoms with Crippen LogP contribution in [0.3, 0.4) is 0 Å². The molecule has 1 fully saturated rings. The Labute approximate surface area is 163 Å². The minimum Gasteiger partial charge on any atom is -0.309 e. The van der Waals surface area contributed by atoms with Crippen molar-refractivity contribution in [3.8, 4) is 0 Å². The molecule has 158 valence electrons. The molecule has 1 aliphatic rings. The molecule has 2 aromatic rings. The molecule has 0 aromatic heterocycles. The van der Waals surface area contributed by atoms with Gasteiger partial charge in [-0.2, -0.15) is 26.3 Å². The summed E-state index contributed by atoms with van der Waals surface area (Å²) in [5.41, 5.74) is -1.97. The van der Waals surface area contributed by atoms with E-state index in [1.54, 1.807) is 12.1 Å². The molecule has 0 aliphatic carbocycles. The molecule has 2 unspecified atom stereocenters. The SMILES string of the molecule is Fc1ccc(C2NCCCC2NCc2cc(C(F)(F)F)cc(C(F)(F)F)c2)cc1. The van der Waals surface area contributed by atoms with Crippen LogP contribution < -0.4 is 10.6 Å². The highest BCUT2D eigenvalue weighted by molar-refractivity contribution is 5.34. The molecule has 29 heavy (non-hydrogen) atoms. The van der Waals surface area contributed by atoms with E-state index >= 15 is 0 Å². The lowest BCUT2D eigenvalue weighted by Crippen LogP contribution is -2.45. The zero-order valence-electron chi connectivity index (χ0n) is 15.2. The van der Waals surface area contributed by atoms with Crippen molar-refractivity contribution < 1.29 is 30.7 Å². The van der Waals surface area contributed by atoms with E-state index in [0.29, 0.717) is 13.0 Å². The molecule has 0 radical (unpaired) electrons. The lowest BCUT2D eigenvalue weighted by atomic mass is 9.92. The van der Waals surface area contributed by atoms with Crippen LogP contribution in [0.2, 0.25) is 0 Å². The minimum atomic E-state index is -4.88. The van der Waals surface area contributed by atoms with Crippen molar-refractivity contribution in [3.05, 3.63) is 70.5 Å². The summed E-state index contributed by atoms with van der Waals surface area (Å²) in [4.78, 5) is 0. The van der Waals surface area contributed by atoms with E-state index in [1.807, 2.05) is 0 Å². The van der Waals surface area contributed by atoms with Crippen LogP contribution in [0.1, 0.15) is 41.1 Å². The number of halogens is 7. The van der Waals surface area contributed by atoms with Crippen LogP contribution in [0.5, 0.6) is 0 Å². The van der Waals surface area contributed by atoms with Gasteiger partial charge in [-0.25, -0.2) is 4.39 Å². The first-order valence-electron chi connectivity index (χ1n) is 9.04. The number of nitrogens with one attached hydrogen (secondary N) is 2. The largest absolute Gasteiger partial charge is 0.416 e. The van der Waals surface area contributed by atoms with Crippen LogP contribution >= 0.6 is 0 Å². The first kappa shape index (κ1) is 21.6. The van der Waals surface area contributed by atoms with Crippen molar-refractivity contribution in [1.29, 1.82) is 0 Å². The number of piperidine rings is 1. The molecule has 3 rings (SSSR count). The van der Waals surface area contributed by atoms with Gasteiger partial charge in [0.25, 0.3) is 0 Å². The summed E-state index contributed by atoms with van der Waals surface area (Å²) >= 11 is 0. The summed E-state index contributed by atoms with van der Waals surface area (Å²) in [5, 5.41) is 6.33. The maximum absolute atomic E-state index is 13.2. The van der Waals surface area contributed by atoms with Gasteiger partial charge in [0.1, 0.15) is 5.82 Å². The Balaban J connectivity index is 1.80. The first-order valence-corrected chi connectivity index (χ1v) is 9.04. The normalized spacial score (nSPS) is 20.7. The van der Waals surface area contributed by atoms with Crippen LogP contribution in [0.15, 0.2) is 42.5 Å². The molecular formula is C20H19F7N2. The van der Waals surface area contributed by atoms with Crippen LogP contribution in [0.25, 0.3) is 0 Å². The van der Waals surface area contributed by atoms with Crippen molar-refractivity contribution in [3.63, 3.8) is 0 Å². The lowest BCUT2D eigenvalue weighted by molar-refractivity contribution is -0.143. The quantitative estimate of drug-likeness (QED) is 0.644. The first-order chi connectivity index (χ1) is 13.5. The van der Waals surface area contributed by atoms with E-state index in [4.69, 9.17) is 0 Å². The highest BCUT2D eigenvalue weighted by atomic mass is 19.4. The van der Waals surface area contributed by atoms with Gasteiger partial charge in [0.15, 0.2) is 0 Å². The standard InChI is InChI=1S/C20H19F7N2/c21-16-5-3-13(4-6-16)18-17(2-1-7-28-18)29-11-12-8-14(19(22,23)24)10-15(9-12)20(25,26)27/h3-6,8-10,17-18,28-29H,1-2,7,11H2. The van der Waals surface area contributed by atoms with E-state index < -0.39 is 29.3 Å². The maximum atomic E-state index is 13.2. The Kier molecular flexibility index (Phi) is 6.19. The second kappa shape index (κ2) is 8.31. The van der Waals surface area contributed by atoms with Gasteiger partial charge in [-0.05, 0) is 60.8 Å². The van der Waals surface area contributed by atoms with Crippen LogP contribution in [-0.2, 0) is 18.9 Å². The predicted octanol–water partition coefficient (Wildman–Crippen LogP) is 5.45. The molecule has 9 heteroatoms. The van der Waals surface area contributed by atoms with Gasteiger partial charge in [0.2, 0.25) is 0 Å². The summed E-state index contributed by atoms with van der Waals surface area (Å²) in [5.74, 6) is -0.391. The lowest BCUT2D eigenvalue weighted by Gasteiger charge is -2.34. The predicted molar refractivity (Wildman–Crippen MR) is 93.5 cm³/mol. The Morgan fingerprint density at radius 3 is 2.03 bits per heavy atom. The third-order valence-electron chi connectivity index (χ3n) is 4.90. The summed E-state index contributed by atoms with van der Waals surface area (Å²) in [6, 6.07) is 6.97. The molecular weight excluding hydrogens is 401 g/mol. The number of benzene rings is 2. The number of alkyl halides is 6. The van der Waals surface area contributed by atoms with Crippen molar-refractivity contribution in [2.75, 3.05) is 6.54 Å². The molecule has 2 atom stereocenters. The Bertz CT molecular complexity index is 796. The Morgan fingerprint density at radius 1 is 0.897 bits per heavy atom. The minimum absolute atomic E-state index is 0.101. The zero-order valence-corrected chi connectivity index (χ0v) is 15.2. The van der Waals surface area contributed by atoms with Crippen molar-refractivity contribution in [1.82, 2.24) is 10.6 Å². The molecule has 1 saturated heterocycles. The fourth-order valence-corrected chi connectivity index (χ4v) is 3.50. The van der Waals surface area contributed by atoms with E-state index in [1.165, 1.54) is 12.1 Å². The fourth-order valence-electron chi connectivity index (χ4n) is 3.50. The fraction of sp³-hybridized carbons (Fsp3) is 0.400. The molecule has 0 bridgehead atoms. The third kappa shape index (κ3) is 5.48. The van der Waals surface area contributed by atoms with E-state index in [2.05, 4.69) is 10.6 Å². The number of hydrogen-bond donors (Lipinski definition) is 2. The van der Waals surface area contributed by atoms with Gasteiger partial charge in [-0.15, -0.1) is 0 Å².